The molecule has 4 amide bonds. The van der Waals surface area contributed by atoms with Gasteiger partial charge in [0.15, 0.2) is 0 Å². The van der Waals surface area contributed by atoms with Crippen LogP contribution in [0.3, 0.4) is 0 Å². The van der Waals surface area contributed by atoms with Crippen molar-refractivity contribution < 1.29 is 9.59 Å². The third kappa shape index (κ3) is 4.20. The first kappa shape index (κ1) is 18.4. The molecular formula is C18H18Cl2N4O2. The number of urea groups is 2. The van der Waals surface area contributed by atoms with Crippen molar-refractivity contribution in [3.05, 3.63) is 58.1 Å². The standard InChI is InChI=1S/C18H18Cl2N4O2/c1-11(15-6-5-12(19)9-16(15)20)22-17(25)23-13-3-2-4-14(10-13)24-8-7-21-18(24)26/h2-6,9-11H,7-8H2,1H3,(H,21,26)(H2,22,23,25). The Balaban J connectivity index is 1.65. The third-order valence-corrected chi connectivity index (χ3v) is 4.61. The minimum absolute atomic E-state index is 0.141. The van der Waals surface area contributed by atoms with Crippen molar-refractivity contribution >= 4 is 46.6 Å². The Morgan fingerprint density at radius 2 is 2.04 bits per heavy atom. The van der Waals surface area contributed by atoms with Crippen molar-refractivity contribution in [1.82, 2.24) is 10.6 Å². The highest BCUT2D eigenvalue weighted by Crippen LogP contribution is 2.26. The lowest BCUT2D eigenvalue weighted by atomic mass is 10.1. The summed E-state index contributed by atoms with van der Waals surface area (Å²) in [5.74, 6) is 0. The summed E-state index contributed by atoms with van der Waals surface area (Å²) in [7, 11) is 0. The van der Waals surface area contributed by atoms with Crippen LogP contribution in [0.1, 0.15) is 18.5 Å². The van der Waals surface area contributed by atoms with E-state index < -0.39 is 0 Å². The first-order valence-electron chi connectivity index (χ1n) is 8.12. The molecule has 26 heavy (non-hydrogen) atoms. The zero-order valence-electron chi connectivity index (χ0n) is 14.1. The molecule has 0 spiro atoms. The van der Waals surface area contributed by atoms with Crippen LogP contribution in [-0.4, -0.2) is 25.2 Å². The van der Waals surface area contributed by atoms with Crippen molar-refractivity contribution in [2.45, 2.75) is 13.0 Å². The number of hydrogen-bond donors (Lipinski definition) is 3. The maximum absolute atomic E-state index is 12.3. The minimum atomic E-state index is -0.369. The molecule has 2 aromatic rings. The Morgan fingerprint density at radius 1 is 1.23 bits per heavy atom. The van der Waals surface area contributed by atoms with Crippen molar-refractivity contribution in [3.8, 4) is 0 Å². The molecule has 1 fully saturated rings. The summed E-state index contributed by atoms with van der Waals surface area (Å²) < 4.78 is 0. The van der Waals surface area contributed by atoms with Gasteiger partial charge in [-0.2, -0.15) is 0 Å². The Hall–Kier alpha value is -2.44. The fraction of sp³-hybridized carbons (Fsp3) is 0.222. The Kier molecular flexibility index (Phi) is 5.54. The number of nitrogens with zero attached hydrogens (tertiary/aromatic N) is 1. The second-order valence-corrected chi connectivity index (χ2v) is 6.76. The van der Waals surface area contributed by atoms with Gasteiger partial charge in [0.25, 0.3) is 0 Å². The van der Waals surface area contributed by atoms with E-state index >= 15 is 0 Å². The maximum atomic E-state index is 12.3. The predicted octanol–water partition coefficient (Wildman–Crippen LogP) is 4.41. The first-order valence-corrected chi connectivity index (χ1v) is 8.87. The Morgan fingerprint density at radius 3 is 2.73 bits per heavy atom. The molecule has 0 aromatic heterocycles. The van der Waals surface area contributed by atoms with Gasteiger partial charge in [-0.15, -0.1) is 0 Å². The molecule has 0 radical (unpaired) electrons. The SMILES string of the molecule is CC(NC(=O)Nc1cccc(N2CCNC2=O)c1)c1ccc(Cl)cc1Cl. The normalized spacial score (nSPS) is 14.7. The fourth-order valence-electron chi connectivity index (χ4n) is 2.76. The van der Waals surface area contributed by atoms with Crippen LogP contribution in [0.25, 0.3) is 0 Å². The smallest absolute Gasteiger partial charge is 0.321 e. The number of carbonyl (C=O) groups excluding carboxylic acids is 2. The van der Waals surface area contributed by atoms with Crippen molar-refractivity contribution in [2.24, 2.45) is 0 Å². The fourth-order valence-corrected chi connectivity index (χ4v) is 3.34. The Bertz CT molecular complexity index is 844. The van der Waals surface area contributed by atoms with Crippen LogP contribution in [0.5, 0.6) is 0 Å². The highest BCUT2D eigenvalue weighted by molar-refractivity contribution is 6.35. The quantitative estimate of drug-likeness (QED) is 0.720. The molecule has 6 nitrogen and oxygen atoms in total. The number of rotatable bonds is 4. The zero-order chi connectivity index (χ0) is 18.7. The van der Waals surface area contributed by atoms with Crippen LogP contribution in [0.2, 0.25) is 10.0 Å². The van der Waals surface area contributed by atoms with Crippen molar-refractivity contribution in [1.29, 1.82) is 0 Å². The van der Waals surface area contributed by atoms with Crippen LogP contribution in [0.4, 0.5) is 21.0 Å². The van der Waals surface area contributed by atoms with E-state index in [-0.39, 0.29) is 18.1 Å². The maximum Gasteiger partial charge on any atom is 0.321 e. The summed E-state index contributed by atoms with van der Waals surface area (Å²) in [6.07, 6.45) is 0. The van der Waals surface area contributed by atoms with Gasteiger partial charge in [0.05, 0.1) is 6.04 Å². The van der Waals surface area contributed by atoms with Gasteiger partial charge < -0.3 is 16.0 Å². The van der Waals surface area contributed by atoms with E-state index in [1.54, 1.807) is 41.3 Å². The molecule has 1 unspecified atom stereocenters. The van der Waals surface area contributed by atoms with E-state index in [2.05, 4.69) is 16.0 Å². The number of benzene rings is 2. The predicted molar refractivity (Wildman–Crippen MR) is 104 cm³/mol. The molecule has 2 aromatic carbocycles. The lowest BCUT2D eigenvalue weighted by Gasteiger charge is -2.18. The van der Waals surface area contributed by atoms with Gasteiger partial charge in [-0.1, -0.05) is 35.3 Å². The van der Waals surface area contributed by atoms with E-state index in [1.807, 2.05) is 13.0 Å². The summed E-state index contributed by atoms with van der Waals surface area (Å²) in [5, 5.41) is 9.39. The highest BCUT2D eigenvalue weighted by Gasteiger charge is 2.21. The average molecular weight is 393 g/mol. The summed E-state index contributed by atoms with van der Waals surface area (Å²) in [6, 6.07) is 11.5. The second kappa shape index (κ2) is 7.85. The van der Waals surface area contributed by atoms with Crippen LogP contribution in [-0.2, 0) is 0 Å². The van der Waals surface area contributed by atoms with Gasteiger partial charge in [-0.25, -0.2) is 9.59 Å². The number of nitrogens with one attached hydrogen (secondary N) is 3. The van der Waals surface area contributed by atoms with Crippen LogP contribution in [0.15, 0.2) is 42.5 Å². The van der Waals surface area contributed by atoms with E-state index in [1.165, 1.54) is 0 Å². The molecule has 0 saturated carbocycles. The molecule has 3 rings (SSSR count). The van der Waals surface area contributed by atoms with Crippen LogP contribution < -0.4 is 20.9 Å². The highest BCUT2D eigenvalue weighted by atomic mass is 35.5. The van der Waals surface area contributed by atoms with Gasteiger partial charge in [0.1, 0.15) is 0 Å². The van der Waals surface area contributed by atoms with Crippen molar-refractivity contribution in [3.63, 3.8) is 0 Å². The summed E-state index contributed by atoms with van der Waals surface area (Å²) in [5.41, 5.74) is 2.09. The molecular weight excluding hydrogens is 375 g/mol. The topological polar surface area (TPSA) is 73.5 Å². The van der Waals surface area contributed by atoms with Gasteiger partial charge in [0, 0.05) is 34.5 Å². The average Bonchev–Trinajstić information content (AvgIpc) is 3.00. The molecule has 136 valence electrons. The number of halogens is 2. The molecule has 1 saturated heterocycles. The number of carbonyl (C=O) groups is 2. The van der Waals surface area contributed by atoms with Gasteiger partial charge in [-0.05, 0) is 42.8 Å². The molecule has 1 atom stereocenters. The largest absolute Gasteiger partial charge is 0.336 e. The minimum Gasteiger partial charge on any atom is -0.336 e. The Labute approximate surface area is 161 Å². The van der Waals surface area contributed by atoms with E-state index in [4.69, 9.17) is 23.2 Å². The molecule has 1 heterocycles. The summed E-state index contributed by atoms with van der Waals surface area (Å²) >= 11 is 12.1. The third-order valence-electron chi connectivity index (χ3n) is 4.05. The van der Waals surface area contributed by atoms with Crippen LogP contribution >= 0.6 is 23.2 Å². The molecule has 3 N–H and O–H groups in total. The van der Waals surface area contributed by atoms with E-state index in [0.717, 1.165) is 11.3 Å². The number of amides is 4. The monoisotopic (exact) mass is 392 g/mol. The van der Waals surface area contributed by atoms with Crippen LogP contribution in [0, 0.1) is 0 Å². The lowest BCUT2D eigenvalue weighted by Crippen LogP contribution is -2.31. The number of hydrogen-bond acceptors (Lipinski definition) is 2. The lowest BCUT2D eigenvalue weighted by molar-refractivity contribution is 0.249. The molecule has 1 aliphatic rings. The van der Waals surface area contributed by atoms with E-state index in [0.29, 0.717) is 28.8 Å². The second-order valence-electron chi connectivity index (χ2n) is 5.92. The van der Waals surface area contributed by atoms with Gasteiger partial charge >= 0.3 is 12.1 Å². The summed E-state index contributed by atoms with van der Waals surface area (Å²) in [6.45, 7) is 3.04. The van der Waals surface area contributed by atoms with Gasteiger partial charge in [0.2, 0.25) is 0 Å². The first-order chi connectivity index (χ1) is 12.4. The van der Waals surface area contributed by atoms with Crippen molar-refractivity contribution in [2.75, 3.05) is 23.3 Å². The number of anilines is 2. The zero-order valence-corrected chi connectivity index (χ0v) is 15.6. The summed E-state index contributed by atoms with van der Waals surface area (Å²) in [4.78, 5) is 25.7. The van der Waals surface area contributed by atoms with Gasteiger partial charge in [-0.3, -0.25) is 4.90 Å². The molecule has 0 aliphatic carbocycles. The van der Waals surface area contributed by atoms with E-state index in [9.17, 15) is 9.59 Å². The molecule has 1 aliphatic heterocycles. The molecule has 0 bridgehead atoms. The molecule has 8 heteroatoms.